The Morgan fingerprint density at radius 1 is 1.05 bits per heavy atom. The highest BCUT2D eigenvalue weighted by atomic mass is 16.6. The quantitative estimate of drug-likeness (QED) is 0.922. The maximum absolute atomic E-state index is 5.63. The number of anilines is 1. The molecule has 0 aliphatic carbocycles. The summed E-state index contributed by atoms with van der Waals surface area (Å²) in [7, 11) is 0. The Hall–Kier alpha value is -2.16. The van der Waals surface area contributed by atoms with Crippen molar-refractivity contribution in [1.82, 2.24) is 0 Å². The molecule has 0 unspecified atom stereocenters. The third-order valence-electron chi connectivity index (χ3n) is 3.82. The normalized spacial score (nSPS) is 13.0. The zero-order valence-electron chi connectivity index (χ0n) is 12.6. The number of nitrogens with one attached hydrogen (secondary N) is 1. The van der Waals surface area contributed by atoms with Crippen LogP contribution < -0.4 is 14.8 Å². The van der Waals surface area contributed by atoms with E-state index >= 15 is 0 Å². The summed E-state index contributed by atoms with van der Waals surface area (Å²) in [6.45, 7) is 6.37. The Kier molecular flexibility index (Phi) is 4.00. The number of ether oxygens (including phenoxy) is 2. The van der Waals surface area contributed by atoms with Crippen molar-refractivity contribution in [1.29, 1.82) is 0 Å². The maximum Gasteiger partial charge on any atom is 0.161 e. The number of benzene rings is 2. The molecule has 0 bridgehead atoms. The fourth-order valence-electron chi connectivity index (χ4n) is 2.66. The van der Waals surface area contributed by atoms with Crippen LogP contribution in [-0.2, 0) is 13.0 Å². The summed E-state index contributed by atoms with van der Waals surface area (Å²) in [6, 6.07) is 12.6. The molecule has 0 fully saturated rings. The van der Waals surface area contributed by atoms with E-state index in [1.165, 1.54) is 22.4 Å². The van der Waals surface area contributed by atoms with Crippen LogP contribution in [0.1, 0.15) is 23.6 Å². The zero-order chi connectivity index (χ0) is 14.7. The Bertz CT molecular complexity index is 637. The molecule has 2 aromatic carbocycles. The summed E-state index contributed by atoms with van der Waals surface area (Å²) in [5, 5.41) is 3.56. The standard InChI is InChI=1S/C18H21NO2/c1-3-15-6-4-5-13(2)18(15)19-12-14-7-8-16-17(11-14)21-10-9-20-16/h4-8,11,19H,3,9-10,12H2,1-2H3. The molecule has 3 nitrogen and oxygen atoms in total. The van der Waals surface area contributed by atoms with E-state index in [2.05, 4.69) is 49.5 Å². The van der Waals surface area contributed by atoms with Crippen molar-refractivity contribution < 1.29 is 9.47 Å². The van der Waals surface area contributed by atoms with E-state index in [4.69, 9.17) is 9.47 Å². The largest absolute Gasteiger partial charge is 0.486 e. The van der Waals surface area contributed by atoms with Gasteiger partial charge in [-0.3, -0.25) is 0 Å². The van der Waals surface area contributed by atoms with Crippen LogP contribution in [0, 0.1) is 6.92 Å². The van der Waals surface area contributed by atoms with E-state index in [-0.39, 0.29) is 0 Å². The van der Waals surface area contributed by atoms with Crippen LogP contribution in [0.5, 0.6) is 11.5 Å². The molecule has 1 N–H and O–H groups in total. The van der Waals surface area contributed by atoms with Gasteiger partial charge >= 0.3 is 0 Å². The SMILES string of the molecule is CCc1cccc(C)c1NCc1ccc2c(c1)OCCO2. The molecule has 1 aliphatic heterocycles. The smallest absolute Gasteiger partial charge is 0.161 e. The van der Waals surface area contributed by atoms with E-state index in [1.807, 2.05) is 6.07 Å². The van der Waals surface area contributed by atoms with Crippen LogP contribution in [0.15, 0.2) is 36.4 Å². The van der Waals surface area contributed by atoms with Crippen molar-refractivity contribution in [3.8, 4) is 11.5 Å². The molecular weight excluding hydrogens is 262 g/mol. The van der Waals surface area contributed by atoms with Crippen LogP contribution in [-0.4, -0.2) is 13.2 Å². The first-order valence-electron chi connectivity index (χ1n) is 7.49. The predicted molar refractivity (Wildman–Crippen MR) is 85.3 cm³/mol. The average molecular weight is 283 g/mol. The van der Waals surface area contributed by atoms with Gasteiger partial charge in [-0.05, 0) is 42.2 Å². The van der Waals surface area contributed by atoms with Crippen molar-refractivity contribution in [3.63, 3.8) is 0 Å². The Morgan fingerprint density at radius 3 is 2.67 bits per heavy atom. The van der Waals surface area contributed by atoms with Crippen LogP contribution in [0.25, 0.3) is 0 Å². The van der Waals surface area contributed by atoms with Crippen molar-refractivity contribution in [2.75, 3.05) is 18.5 Å². The number of para-hydroxylation sites is 1. The van der Waals surface area contributed by atoms with Crippen molar-refractivity contribution in [2.24, 2.45) is 0 Å². The van der Waals surface area contributed by atoms with Gasteiger partial charge in [-0.2, -0.15) is 0 Å². The highest BCUT2D eigenvalue weighted by Crippen LogP contribution is 2.31. The minimum Gasteiger partial charge on any atom is -0.486 e. The summed E-state index contributed by atoms with van der Waals surface area (Å²) in [5.74, 6) is 1.69. The Balaban J connectivity index is 1.76. The second-order valence-corrected chi connectivity index (χ2v) is 5.29. The molecule has 0 saturated heterocycles. The summed E-state index contributed by atoms with van der Waals surface area (Å²) < 4.78 is 11.2. The number of hydrogen-bond acceptors (Lipinski definition) is 3. The van der Waals surface area contributed by atoms with Crippen LogP contribution in [0.3, 0.4) is 0 Å². The van der Waals surface area contributed by atoms with Crippen LogP contribution in [0.4, 0.5) is 5.69 Å². The van der Waals surface area contributed by atoms with Gasteiger partial charge in [-0.15, -0.1) is 0 Å². The topological polar surface area (TPSA) is 30.5 Å². The van der Waals surface area contributed by atoms with Crippen molar-refractivity contribution >= 4 is 5.69 Å². The van der Waals surface area contributed by atoms with E-state index in [9.17, 15) is 0 Å². The monoisotopic (exact) mass is 283 g/mol. The van der Waals surface area contributed by atoms with Crippen LogP contribution in [0.2, 0.25) is 0 Å². The molecule has 1 aliphatic rings. The van der Waals surface area contributed by atoms with E-state index in [1.54, 1.807) is 0 Å². The first kappa shape index (κ1) is 13.8. The molecule has 3 heteroatoms. The van der Waals surface area contributed by atoms with Gasteiger partial charge in [0.15, 0.2) is 11.5 Å². The van der Waals surface area contributed by atoms with Gasteiger partial charge in [-0.1, -0.05) is 31.2 Å². The second-order valence-electron chi connectivity index (χ2n) is 5.29. The first-order chi connectivity index (χ1) is 10.3. The van der Waals surface area contributed by atoms with Crippen molar-refractivity contribution in [3.05, 3.63) is 53.1 Å². The van der Waals surface area contributed by atoms with Gasteiger partial charge in [-0.25, -0.2) is 0 Å². The first-order valence-corrected chi connectivity index (χ1v) is 7.49. The molecule has 0 amide bonds. The lowest BCUT2D eigenvalue weighted by Crippen LogP contribution is -2.15. The average Bonchev–Trinajstić information content (AvgIpc) is 2.53. The summed E-state index contributed by atoms with van der Waals surface area (Å²) in [6.07, 6.45) is 1.03. The molecule has 0 saturated carbocycles. The third kappa shape index (κ3) is 2.97. The number of hydrogen-bond donors (Lipinski definition) is 1. The van der Waals surface area contributed by atoms with Gasteiger partial charge in [0.1, 0.15) is 13.2 Å². The number of fused-ring (bicyclic) bond motifs is 1. The van der Waals surface area contributed by atoms with Gasteiger partial charge < -0.3 is 14.8 Å². The minimum atomic E-state index is 0.627. The molecule has 3 rings (SSSR count). The predicted octanol–water partition coefficient (Wildman–Crippen LogP) is 3.94. The molecule has 0 radical (unpaired) electrons. The van der Waals surface area contributed by atoms with E-state index < -0.39 is 0 Å². The molecule has 0 aromatic heterocycles. The lowest BCUT2D eigenvalue weighted by atomic mass is 10.1. The molecule has 0 atom stereocenters. The van der Waals surface area contributed by atoms with Gasteiger partial charge in [0.05, 0.1) is 0 Å². The zero-order valence-corrected chi connectivity index (χ0v) is 12.6. The van der Waals surface area contributed by atoms with Crippen molar-refractivity contribution in [2.45, 2.75) is 26.8 Å². The molecule has 21 heavy (non-hydrogen) atoms. The van der Waals surface area contributed by atoms with Gasteiger partial charge in [0, 0.05) is 12.2 Å². The molecule has 110 valence electrons. The Labute approximate surface area is 125 Å². The number of aryl methyl sites for hydroxylation is 2. The van der Waals surface area contributed by atoms with Gasteiger partial charge in [0.25, 0.3) is 0 Å². The van der Waals surface area contributed by atoms with Gasteiger partial charge in [0.2, 0.25) is 0 Å². The Morgan fingerprint density at radius 2 is 1.86 bits per heavy atom. The molecular formula is C18H21NO2. The van der Waals surface area contributed by atoms with E-state index in [0.29, 0.717) is 13.2 Å². The van der Waals surface area contributed by atoms with Crippen LogP contribution >= 0.6 is 0 Å². The summed E-state index contributed by atoms with van der Waals surface area (Å²) in [5.41, 5.74) is 5.08. The number of rotatable bonds is 4. The lowest BCUT2D eigenvalue weighted by molar-refractivity contribution is 0.171. The summed E-state index contributed by atoms with van der Waals surface area (Å²) in [4.78, 5) is 0. The van der Waals surface area contributed by atoms with E-state index in [0.717, 1.165) is 24.5 Å². The highest BCUT2D eigenvalue weighted by Gasteiger charge is 2.12. The minimum absolute atomic E-state index is 0.627. The highest BCUT2D eigenvalue weighted by molar-refractivity contribution is 5.57. The summed E-state index contributed by atoms with van der Waals surface area (Å²) >= 11 is 0. The molecule has 0 spiro atoms. The second kappa shape index (κ2) is 6.08. The lowest BCUT2D eigenvalue weighted by Gasteiger charge is -2.19. The molecule has 2 aromatic rings. The fraction of sp³-hybridized carbons (Fsp3) is 0.333. The molecule has 1 heterocycles. The maximum atomic E-state index is 5.63. The fourth-order valence-corrected chi connectivity index (χ4v) is 2.66. The third-order valence-corrected chi connectivity index (χ3v) is 3.82.